The van der Waals surface area contributed by atoms with Crippen molar-refractivity contribution < 1.29 is 21.8 Å². The van der Waals surface area contributed by atoms with Gasteiger partial charge in [-0.15, -0.1) is 0 Å². The molecular weight excluding hydrogens is 477 g/mol. The number of nitrogens with zero attached hydrogens (tertiary/aromatic N) is 3. The van der Waals surface area contributed by atoms with Gasteiger partial charge in [-0.3, -0.25) is 10.1 Å². The highest BCUT2D eigenvalue weighted by atomic mass is 35.5. The molecule has 0 bridgehead atoms. The van der Waals surface area contributed by atoms with Crippen molar-refractivity contribution in [1.82, 2.24) is 8.61 Å². The molecule has 2 aromatic carbocycles. The summed E-state index contributed by atoms with van der Waals surface area (Å²) in [6.45, 7) is 1.10. The van der Waals surface area contributed by atoms with Crippen molar-refractivity contribution in [2.24, 2.45) is 0 Å². The van der Waals surface area contributed by atoms with Crippen LogP contribution in [0.25, 0.3) is 0 Å². The zero-order valence-corrected chi connectivity index (χ0v) is 18.8. The molecule has 1 aliphatic rings. The molecule has 0 radical (unpaired) electrons. The minimum absolute atomic E-state index is 0.0354. The molecule has 13 heteroatoms. The second-order valence-corrected chi connectivity index (χ2v) is 11.3. The molecule has 1 heterocycles. The highest BCUT2D eigenvalue weighted by Crippen LogP contribution is 2.31. The van der Waals surface area contributed by atoms with Crippen LogP contribution >= 0.6 is 23.2 Å². The van der Waals surface area contributed by atoms with Gasteiger partial charge in [0.05, 0.1) is 19.7 Å². The summed E-state index contributed by atoms with van der Waals surface area (Å²) < 4.78 is 53.7. The van der Waals surface area contributed by atoms with E-state index in [0.29, 0.717) is 5.02 Å². The summed E-state index contributed by atoms with van der Waals surface area (Å²) in [5.74, 6) is 0. The zero-order chi connectivity index (χ0) is 22.3. The van der Waals surface area contributed by atoms with E-state index in [0.717, 1.165) is 16.4 Å². The maximum atomic E-state index is 13.0. The van der Waals surface area contributed by atoms with Gasteiger partial charge >= 0.3 is 0 Å². The van der Waals surface area contributed by atoms with Gasteiger partial charge < -0.3 is 0 Å². The topological polar surface area (TPSA) is 118 Å². The largest absolute Gasteiger partial charge is 0.275 e. The summed E-state index contributed by atoms with van der Waals surface area (Å²) in [6, 6.07) is 7.82. The van der Waals surface area contributed by atoms with Crippen molar-refractivity contribution in [3.8, 4) is 0 Å². The van der Waals surface area contributed by atoms with E-state index >= 15 is 0 Å². The molecule has 162 valence electrons. The molecule has 30 heavy (non-hydrogen) atoms. The fraction of sp³-hybridized carbons (Fsp3) is 0.294. The maximum absolute atomic E-state index is 13.0. The molecule has 1 fully saturated rings. The smallest absolute Gasteiger partial charge is 0.258 e. The molecule has 0 aliphatic carbocycles. The molecule has 2 aromatic rings. The number of nitro groups is 1. The number of hydrogen-bond donors (Lipinski definition) is 0. The molecule has 9 nitrogen and oxygen atoms in total. The van der Waals surface area contributed by atoms with Crippen molar-refractivity contribution in [2.75, 3.05) is 26.2 Å². The van der Waals surface area contributed by atoms with Crippen LogP contribution in [0.3, 0.4) is 0 Å². The molecular formula is C17H17Cl2N3O6S2. The van der Waals surface area contributed by atoms with Crippen molar-refractivity contribution in [1.29, 1.82) is 0 Å². The normalized spacial score (nSPS) is 16.5. The summed E-state index contributed by atoms with van der Waals surface area (Å²) in [4.78, 5) is 10.3. The number of nitro benzene ring substituents is 1. The Kier molecular flexibility index (Phi) is 6.42. The van der Waals surface area contributed by atoms with E-state index in [4.69, 9.17) is 23.2 Å². The van der Waals surface area contributed by atoms with E-state index in [1.54, 1.807) is 0 Å². The predicted molar refractivity (Wildman–Crippen MR) is 112 cm³/mol. The first kappa shape index (κ1) is 22.9. The van der Waals surface area contributed by atoms with E-state index in [9.17, 15) is 26.9 Å². The Morgan fingerprint density at radius 1 is 0.867 bits per heavy atom. The number of sulfonamides is 2. The van der Waals surface area contributed by atoms with Crippen LogP contribution in [0.2, 0.25) is 10.0 Å². The Balaban J connectivity index is 1.82. The van der Waals surface area contributed by atoms with E-state index in [1.165, 1.54) is 35.5 Å². The lowest BCUT2D eigenvalue weighted by Gasteiger charge is -2.33. The predicted octanol–water partition coefficient (Wildman–Crippen LogP) is 2.91. The second kappa shape index (κ2) is 8.40. The van der Waals surface area contributed by atoms with Crippen LogP contribution in [-0.2, 0) is 20.0 Å². The monoisotopic (exact) mass is 493 g/mol. The van der Waals surface area contributed by atoms with Crippen molar-refractivity contribution in [3.05, 3.63) is 62.1 Å². The highest BCUT2D eigenvalue weighted by molar-refractivity contribution is 7.89. The van der Waals surface area contributed by atoms with E-state index in [1.807, 2.05) is 0 Å². The van der Waals surface area contributed by atoms with Crippen LogP contribution < -0.4 is 0 Å². The van der Waals surface area contributed by atoms with Gasteiger partial charge in [-0.1, -0.05) is 23.2 Å². The van der Waals surface area contributed by atoms with E-state index in [2.05, 4.69) is 0 Å². The molecule has 0 unspecified atom stereocenters. The van der Waals surface area contributed by atoms with E-state index in [-0.39, 0.29) is 46.6 Å². The first-order chi connectivity index (χ1) is 13.9. The Hall–Kier alpha value is -1.76. The first-order valence-electron chi connectivity index (χ1n) is 8.65. The lowest BCUT2D eigenvalue weighted by Crippen LogP contribution is -2.50. The summed E-state index contributed by atoms with van der Waals surface area (Å²) >= 11 is 11.8. The van der Waals surface area contributed by atoms with Gasteiger partial charge in [0.1, 0.15) is 0 Å². The number of benzene rings is 2. The number of halogens is 2. The standard InChI is InChI=1S/C17H17Cl2N3O6S2/c1-12-16(19)10-15(11-17(12)22(23)24)30(27,28)21-8-6-20(7-9-21)29(25,26)14-4-2-13(18)3-5-14/h2-5,10-11H,6-9H2,1H3. The fourth-order valence-electron chi connectivity index (χ4n) is 3.03. The molecule has 3 rings (SSSR count). The molecule has 1 saturated heterocycles. The number of rotatable bonds is 5. The average molecular weight is 494 g/mol. The molecule has 1 aliphatic heterocycles. The Morgan fingerprint density at radius 3 is 1.80 bits per heavy atom. The van der Waals surface area contributed by atoms with Crippen LogP contribution in [0.5, 0.6) is 0 Å². The quantitative estimate of drug-likeness (QED) is 0.466. The lowest BCUT2D eigenvalue weighted by atomic mass is 10.2. The van der Waals surface area contributed by atoms with Crippen LogP contribution in [0, 0.1) is 17.0 Å². The third kappa shape index (κ3) is 4.32. The summed E-state index contributed by atoms with van der Waals surface area (Å²) in [5, 5.41) is 11.6. The molecule has 0 amide bonds. The van der Waals surface area contributed by atoms with Crippen LogP contribution in [0.1, 0.15) is 5.56 Å². The Bertz CT molecular complexity index is 1190. The second-order valence-electron chi connectivity index (χ2n) is 6.57. The average Bonchev–Trinajstić information content (AvgIpc) is 2.70. The van der Waals surface area contributed by atoms with Crippen molar-refractivity contribution >= 4 is 48.9 Å². The van der Waals surface area contributed by atoms with Crippen molar-refractivity contribution in [2.45, 2.75) is 16.7 Å². The van der Waals surface area contributed by atoms with Gasteiger partial charge in [0.15, 0.2) is 0 Å². The summed E-state index contributed by atoms with van der Waals surface area (Å²) in [6.07, 6.45) is 0. The van der Waals surface area contributed by atoms with Crippen LogP contribution in [0.15, 0.2) is 46.2 Å². The van der Waals surface area contributed by atoms with Crippen LogP contribution in [0.4, 0.5) is 5.69 Å². The van der Waals surface area contributed by atoms with Gasteiger partial charge in [0, 0.05) is 42.8 Å². The Labute approximate surface area is 184 Å². The van der Waals surface area contributed by atoms with Crippen molar-refractivity contribution in [3.63, 3.8) is 0 Å². The van der Waals surface area contributed by atoms with E-state index < -0.39 is 30.7 Å². The molecule has 0 atom stereocenters. The lowest BCUT2D eigenvalue weighted by molar-refractivity contribution is -0.385. The zero-order valence-electron chi connectivity index (χ0n) is 15.7. The first-order valence-corrected chi connectivity index (χ1v) is 12.3. The number of piperazine rings is 1. The molecule has 0 aromatic heterocycles. The van der Waals surface area contributed by atoms with Gasteiger partial charge in [0.25, 0.3) is 5.69 Å². The Morgan fingerprint density at radius 2 is 1.33 bits per heavy atom. The molecule has 0 spiro atoms. The van der Waals surface area contributed by atoms with Gasteiger partial charge in [-0.25, -0.2) is 16.8 Å². The maximum Gasteiger partial charge on any atom is 0.275 e. The minimum atomic E-state index is -4.09. The van der Waals surface area contributed by atoms with Crippen LogP contribution in [-0.4, -0.2) is 56.5 Å². The minimum Gasteiger partial charge on any atom is -0.258 e. The third-order valence-electron chi connectivity index (χ3n) is 4.77. The van der Waals surface area contributed by atoms with Gasteiger partial charge in [-0.2, -0.15) is 8.61 Å². The SMILES string of the molecule is Cc1c(Cl)cc(S(=O)(=O)N2CCN(S(=O)(=O)c3ccc(Cl)cc3)CC2)cc1[N+](=O)[O-]. The fourth-order valence-corrected chi connectivity index (χ4v) is 6.33. The third-order valence-corrected chi connectivity index (χ3v) is 9.21. The number of hydrogen-bond acceptors (Lipinski definition) is 6. The summed E-state index contributed by atoms with van der Waals surface area (Å²) in [5.41, 5.74) is -0.232. The molecule has 0 N–H and O–H groups in total. The summed E-state index contributed by atoms with van der Waals surface area (Å²) in [7, 11) is -7.89. The van der Waals surface area contributed by atoms with Gasteiger partial charge in [0.2, 0.25) is 20.0 Å². The van der Waals surface area contributed by atoms with Gasteiger partial charge in [-0.05, 0) is 37.3 Å². The highest BCUT2D eigenvalue weighted by Gasteiger charge is 2.35. The molecule has 0 saturated carbocycles.